The third kappa shape index (κ3) is 13.5. The molecule has 0 unspecified atom stereocenters. The molecule has 0 radical (unpaired) electrons. The molecule has 0 fully saturated rings. The number of nitrogens with two attached hydrogens (primary N) is 1. The first-order chi connectivity index (χ1) is 23.0. The van der Waals surface area contributed by atoms with Gasteiger partial charge in [0.2, 0.25) is 17.7 Å². The fraction of sp³-hybridized carbons (Fsp3) is 0.514. The molecule has 0 aliphatic heterocycles. The Labute approximate surface area is 298 Å². The second-order valence-electron chi connectivity index (χ2n) is 12.8. The van der Waals surface area contributed by atoms with Crippen LogP contribution in [0.1, 0.15) is 59.9 Å². The van der Waals surface area contributed by atoms with Crippen molar-refractivity contribution in [1.82, 2.24) is 21.3 Å². The maximum atomic E-state index is 13.6. The Bertz CT molecular complexity index is 1430. The summed E-state index contributed by atoms with van der Waals surface area (Å²) in [4.78, 5) is 64.6. The predicted molar refractivity (Wildman–Crippen MR) is 189 cm³/mol. The Hall–Kier alpha value is -3.87. The lowest BCUT2D eigenvalue weighted by atomic mass is 9.94. The number of hydrogen-bond donors (Lipinski definition) is 6. The van der Waals surface area contributed by atoms with Gasteiger partial charge in [-0.15, -0.1) is 0 Å². The molecule has 0 aliphatic carbocycles. The summed E-state index contributed by atoms with van der Waals surface area (Å²) in [7, 11) is 0. The van der Waals surface area contributed by atoms with Crippen LogP contribution >= 0.6 is 23.2 Å². The number of nitrogens with one attached hydrogen (secondary N) is 4. The number of amides is 4. The second kappa shape index (κ2) is 20.0. The first-order valence-corrected chi connectivity index (χ1v) is 17.1. The van der Waals surface area contributed by atoms with Gasteiger partial charge in [0.1, 0.15) is 23.9 Å². The summed E-state index contributed by atoms with van der Waals surface area (Å²) in [5, 5.41) is 21.1. The molecule has 0 heterocycles. The maximum absolute atomic E-state index is 13.6. The molecule has 0 saturated carbocycles. The zero-order chi connectivity index (χ0) is 36.8. The summed E-state index contributed by atoms with van der Waals surface area (Å²) in [6.45, 7) is 10.1. The predicted octanol–water partition coefficient (Wildman–Crippen LogP) is 3.71. The summed E-state index contributed by atoms with van der Waals surface area (Å²) in [5.41, 5.74) is 7.42. The van der Waals surface area contributed by atoms with E-state index in [1.54, 1.807) is 40.7 Å². The van der Waals surface area contributed by atoms with Crippen LogP contribution in [-0.4, -0.2) is 71.5 Å². The number of carbonyl (C=O) groups is 5. The van der Waals surface area contributed by atoms with Gasteiger partial charge >= 0.3 is 5.97 Å². The quantitative estimate of drug-likeness (QED) is 0.127. The van der Waals surface area contributed by atoms with Crippen molar-refractivity contribution in [3.05, 3.63) is 64.1 Å². The van der Waals surface area contributed by atoms with Gasteiger partial charge in [0.05, 0.1) is 5.02 Å². The van der Waals surface area contributed by atoms with Crippen molar-refractivity contribution in [3.63, 3.8) is 0 Å². The summed E-state index contributed by atoms with van der Waals surface area (Å²) in [6, 6.07) is 9.13. The molecule has 2 aromatic rings. The number of carboxylic acid groups (broad SMARTS) is 1. The summed E-state index contributed by atoms with van der Waals surface area (Å²) in [6.07, 6.45) is 0.567. The molecular weight excluding hydrogens is 673 g/mol. The second-order valence-corrected chi connectivity index (χ2v) is 13.7. The molecule has 2 rings (SSSR count). The van der Waals surface area contributed by atoms with E-state index in [0.29, 0.717) is 11.4 Å². The van der Waals surface area contributed by atoms with E-state index in [4.69, 9.17) is 33.7 Å². The van der Waals surface area contributed by atoms with Crippen molar-refractivity contribution >= 4 is 52.8 Å². The van der Waals surface area contributed by atoms with Gasteiger partial charge in [0, 0.05) is 23.5 Å². The van der Waals surface area contributed by atoms with Gasteiger partial charge in [0.25, 0.3) is 5.91 Å². The number of hydrogen-bond acceptors (Lipinski definition) is 7. The largest absolute Gasteiger partial charge is 0.482 e. The van der Waals surface area contributed by atoms with Crippen molar-refractivity contribution in [2.45, 2.75) is 91.0 Å². The van der Waals surface area contributed by atoms with E-state index in [0.717, 1.165) is 5.56 Å². The van der Waals surface area contributed by atoms with Gasteiger partial charge in [-0.2, -0.15) is 0 Å². The fourth-order valence-electron chi connectivity index (χ4n) is 4.98. The van der Waals surface area contributed by atoms with Crippen LogP contribution in [0.15, 0.2) is 48.5 Å². The normalized spacial score (nSPS) is 14.9. The van der Waals surface area contributed by atoms with E-state index in [1.165, 1.54) is 12.1 Å². The lowest BCUT2D eigenvalue weighted by Gasteiger charge is -2.30. The minimum absolute atomic E-state index is 0.233. The molecule has 0 spiro atoms. The van der Waals surface area contributed by atoms with Gasteiger partial charge in [0.15, 0.2) is 6.61 Å². The van der Waals surface area contributed by atoms with Crippen LogP contribution in [0.4, 0.5) is 0 Å². The monoisotopic (exact) mass is 721 g/mol. The van der Waals surface area contributed by atoms with E-state index in [-0.39, 0.29) is 41.4 Å². The summed E-state index contributed by atoms with van der Waals surface area (Å²) >= 11 is 12.1. The number of ether oxygens (including phenoxy) is 1. The van der Waals surface area contributed by atoms with Crippen LogP contribution in [-0.2, 0) is 30.4 Å². The van der Waals surface area contributed by atoms with E-state index in [9.17, 15) is 29.1 Å². The molecule has 49 heavy (non-hydrogen) atoms. The van der Waals surface area contributed by atoms with E-state index < -0.39 is 66.4 Å². The number of halogens is 2. The number of aliphatic carboxylic acids is 1. The van der Waals surface area contributed by atoms with Crippen LogP contribution in [0.3, 0.4) is 0 Å². The fourth-order valence-corrected chi connectivity index (χ4v) is 5.45. The van der Waals surface area contributed by atoms with E-state index in [1.807, 2.05) is 37.3 Å². The Balaban J connectivity index is 2.18. The van der Waals surface area contributed by atoms with Gasteiger partial charge in [-0.25, -0.2) is 4.79 Å². The summed E-state index contributed by atoms with van der Waals surface area (Å²) < 4.78 is 5.52. The topological polar surface area (TPSA) is 189 Å². The zero-order valence-corrected chi connectivity index (χ0v) is 30.3. The first-order valence-electron chi connectivity index (χ1n) is 16.3. The first kappa shape index (κ1) is 41.3. The highest BCUT2D eigenvalue weighted by Gasteiger charge is 2.33. The number of carbonyl (C=O) groups excluding carboxylic acids is 4. The SMILES string of the molecule is CC[C@H](C)[C@H](NC(=O)C[C@H](N)[C@H](Cc1ccccc1)NC(=O)[C@@H](NC(=O)COc1ccc(Cl)cc1Cl)C(C)C)C(=O)N[C@H](C(=O)O)C(C)C. The van der Waals surface area contributed by atoms with Crippen LogP contribution in [0.2, 0.25) is 10.0 Å². The van der Waals surface area contributed by atoms with E-state index in [2.05, 4.69) is 21.3 Å². The van der Waals surface area contributed by atoms with Gasteiger partial charge in [-0.05, 0) is 47.9 Å². The molecule has 270 valence electrons. The number of benzene rings is 2. The third-order valence-electron chi connectivity index (χ3n) is 8.12. The highest BCUT2D eigenvalue weighted by molar-refractivity contribution is 6.35. The molecule has 0 aliphatic rings. The molecule has 4 amide bonds. The molecule has 12 nitrogen and oxygen atoms in total. The number of carboxylic acids is 1. The third-order valence-corrected chi connectivity index (χ3v) is 8.66. The highest BCUT2D eigenvalue weighted by atomic mass is 35.5. The van der Waals surface area contributed by atoms with Gasteiger partial charge in [-0.3, -0.25) is 19.2 Å². The van der Waals surface area contributed by atoms with Crippen molar-refractivity contribution in [2.24, 2.45) is 23.5 Å². The van der Waals surface area contributed by atoms with Crippen molar-refractivity contribution < 1.29 is 33.8 Å². The zero-order valence-electron chi connectivity index (χ0n) is 28.8. The standard InChI is InChI=1S/C35H49Cl2N5O7/c1-7-21(6)32(34(46)42-31(20(4)5)35(47)48)40-28(43)17-25(38)26(15-22-11-9-8-10-12-22)39-33(45)30(19(2)3)41-29(44)18-49-27-14-13-23(36)16-24(27)37/h8-14,16,19-21,25-26,30-32H,7,15,17-18,38H2,1-6H3,(H,39,45)(H,40,43)(H,41,44)(H,42,46)(H,47,48)/t21-,25-,26-,30-,31-,32-/m0/s1. The Morgan fingerprint density at radius 1 is 0.796 bits per heavy atom. The van der Waals surface area contributed by atoms with Crippen molar-refractivity contribution in [3.8, 4) is 5.75 Å². The average Bonchev–Trinajstić information content (AvgIpc) is 3.03. The molecule has 0 aromatic heterocycles. The Kier molecular flexibility index (Phi) is 16.8. The molecule has 14 heteroatoms. The minimum atomic E-state index is -1.17. The molecule has 0 saturated heterocycles. The molecule has 0 bridgehead atoms. The lowest BCUT2D eigenvalue weighted by molar-refractivity contribution is -0.143. The van der Waals surface area contributed by atoms with Crippen LogP contribution in [0.25, 0.3) is 0 Å². The molecular formula is C35H49Cl2N5O7. The van der Waals surface area contributed by atoms with Crippen molar-refractivity contribution in [2.75, 3.05) is 6.61 Å². The van der Waals surface area contributed by atoms with Crippen LogP contribution < -0.4 is 31.7 Å². The average molecular weight is 723 g/mol. The highest BCUT2D eigenvalue weighted by Crippen LogP contribution is 2.27. The summed E-state index contributed by atoms with van der Waals surface area (Å²) in [5.74, 6) is -4.13. The molecule has 7 N–H and O–H groups in total. The van der Waals surface area contributed by atoms with Crippen LogP contribution in [0.5, 0.6) is 5.75 Å². The van der Waals surface area contributed by atoms with Crippen LogP contribution in [0, 0.1) is 17.8 Å². The molecule has 2 aromatic carbocycles. The van der Waals surface area contributed by atoms with Crippen molar-refractivity contribution in [1.29, 1.82) is 0 Å². The number of rotatable bonds is 19. The Morgan fingerprint density at radius 2 is 1.39 bits per heavy atom. The minimum Gasteiger partial charge on any atom is -0.482 e. The smallest absolute Gasteiger partial charge is 0.326 e. The lowest BCUT2D eigenvalue weighted by Crippen LogP contribution is -2.58. The van der Waals surface area contributed by atoms with Gasteiger partial charge < -0.3 is 36.8 Å². The van der Waals surface area contributed by atoms with E-state index >= 15 is 0 Å². The molecule has 6 atom stereocenters. The van der Waals surface area contributed by atoms with Gasteiger partial charge in [-0.1, -0.05) is 101 Å². The Morgan fingerprint density at radius 3 is 1.94 bits per heavy atom. The maximum Gasteiger partial charge on any atom is 0.326 e.